The Morgan fingerprint density at radius 1 is 1.24 bits per heavy atom. The van der Waals surface area contributed by atoms with Crippen LogP contribution >= 0.6 is 27.3 Å². The van der Waals surface area contributed by atoms with E-state index < -0.39 is 9.84 Å². The number of amides is 1. The van der Waals surface area contributed by atoms with Gasteiger partial charge in [0.15, 0.2) is 9.84 Å². The largest absolute Gasteiger partial charge is 0.335 e. The number of benzene rings is 2. The second-order valence-corrected chi connectivity index (χ2v) is 9.64. The van der Waals surface area contributed by atoms with Crippen molar-refractivity contribution in [2.75, 3.05) is 13.3 Å². The number of thiazole rings is 1. The third-order valence-corrected chi connectivity index (χ3v) is 6.48. The molecular weight excluding hydrogens is 424 g/mol. The SMILES string of the molecule is CN(Cc1nc2ccccc2s1)C(=O)c1cc(S(C)(=O)=O)ccc1Br. The number of carbonyl (C=O) groups is 1. The molecule has 8 heteroatoms. The van der Waals surface area contributed by atoms with E-state index in [2.05, 4.69) is 20.9 Å². The summed E-state index contributed by atoms with van der Waals surface area (Å²) in [5, 5.41) is 0.826. The molecule has 0 aliphatic heterocycles. The first-order chi connectivity index (χ1) is 11.8. The van der Waals surface area contributed by atoms with Crippen molar-refractivity contribution in [3.05, 3.63) is 57.5 Å². The molecule has 0 saturated heterocycles. The summed E-state index contributed by atoms with van der Waals surface area (Å²) < 4.78 is 25.1. The molecule has 1 amide bonds. The molecule has 3 rings (SSSR count). The number of aromatic nitrogens is 1. The Hall–Kier alpha value is -1.77. The van der Waals surface area contributed by atoms with E-state index in [0.29, 0.717) is 16.6 Å². The van der Waals surface area contributed by atoms with E-state index in [1.165, 1.54) is 28.4 Å². The summed E-state index contributed by atoms with van der Waals surface area (Å²) in [7, 11) is -1.70. The Balaban J connectivity index is 1.87. The van der Waals surface area contributed by atoms with E-state index in [4.69, 9.17) is 0 Å². The van der Waals surface area contributed by atoms with Crippen molar-refractivity contribution in [1.82, 2.24) is 9.88 Å². The molecule has 0 bridgehead atoms. The highest BCUT2D eigenvalue weighted by Gasteiger charge is 2.19. The van der Waals surface area contributed by atoms with Gasteiger partial charge in [-0.15, -0.1) is 11.3 Å². The fraction of sp³-hybridized carbons (Fsp3) is 0.176. The summed E-state index contributed by atoms with van der Waals surface area (Å²) in [4.78, 5) is 18.9. The van der Waals surface area contributed by atoms with Crippen LogP contribution in [-0.2, 0) is 16.4 Å². The molecule has 3 aromatic rings. The molecule has 0 N–H and O–H groups in total. The van der Waals surface area contributed by atoms with Crippen molar-refractivity contribution in [2.45, 2.75) is 11.4 Å². The monoisotopic (exact) mass is 438 g/mol. The predicted molar refractivity (Wildman–Crippen MR) is 103 cm³/mol. The van der Waals surface area contributed by atoms with Gasteiger partial charge in [0.05, 0.1) is 27.2 Å². The molecule has 5 nitrogen and oxygen atoms in total. The highest BCUT2D eigenvalue weighted by atomic mass is 79.9. The number of sulfone groups is 1. The van der Waals surface area contributed by atoms with Crippen LogP contribution in [0.4, 0.5) is 0 Å². The van der Waals surface area contributed by atoms with E-state index in [0.717, 1.165) is 21.5 Å². The van der Waals surface area contributed by atoms with E-state index in [1.807, 2.05) is 24.3 Å². The van der Waals surface area contributed by atoms with Crippen LogP contribution in [0.2, 0.25) is 0 Å². The summed E-state index contributed by atoms with van der Waals surface area (Å²) in [6.45, 7) is 0.355. The van der Waals surface area contributed by atoms with Crippen LogP contribution in [0.15, 0.2) is 51.8 Å². The molecule has 0 aliphatic rings. The zero-order valence-corrected chi connectivity index (χ0v) is 16.8. The van der Waals surface area contributed by atoms with Gasteiger partial charge in [-0.3, -0.25) is 4.79 Å². The Labute approximate surface area is 158 Å². The Kier molecular flexibility index (Phi) is 4.95. The molecule has 1 heterocycles. The van der Waals surface area contributed by atoms with Crippen LogP contribution in [-0.4, -0.2) is 37.5 Å². The lowest BCUT2D eigenvalue weighted by Crippen LogP contribution is -2.26. The molecule has 25 heavy (non-hydrogen) atoms. The molecule has 130 valence electrons. The maximum atomic E-state index is 12.7. The number of hydrogen-bond acceptors (Lipinski definition) is 5. The lowest BCUT2D eigenvalue weighted by atomic mass is 10.2. The van der Waals surface area contributed by atoms with Crippen molar-refractivity contribution in [1.29, 1.82) is 0 Å². The van der Waals surface area contributed by atoms with E-state index >= 15 is 0 Å². The van der Waals surface area contributed by atoms with Gasteiger partial charge in [-0.1, -0.05) is 12.1 Å². The lowest BCUT2D eigenvalue weighted by molar-refractivity contribution is 0.0784. The molecule has 0 fully saturated rings. The van der Waals surface area contributed by atoms with Gasteiger partial charge in [0.25, 0.3) is 5.91 Å². The molecule has 0 spiro atoms. The van der Waals surface area contributed by atoms with Gasteiger partial charge in [-0.2, -0.15) is 0 Å². The van der Waals surface area contributed by atoms with Crippen molar-refractivity contribution in [2.24, 2.45) is 0 Å². The minimum Gasteiger partial charge on any atom is -0.335 e. The Bertz CT molecular complexity index is 1030. The quantitative estimate of drug-likeness (QED) is 0.621. The van der Waals surface area contributed by atoms with Gasteiger partial charge < -0.3 is 4.90 Å². The van der Waals surface area contributed by atoms with Gasteiger partial charge in [-0.05, 0) is 46.3 Å². The van der Waals surface area contributed by atoms with Crippen molar-refractivity contribution < 1.29 is 13.2 Å². The number of halogens is 1. The molecule has 0 atom stereocenters. The first-order valence-corrected chi connectivity index (χ1v) is 10.9. The third kappa shape index (κ3) is 3.91. The summed E-state index contributed by atoms with van der Waals surface area (Å²) in [6, 6.07) is 12.3. The second-order valence-electron chi connectivity index (χ2n) is 5.65. The van der Waals surface area contributed by atoms with Crippen molar-refractivity contribution in [3.8, 4) is 0 Å². The summed E-state index contributed by atoms with van der Waals surface area (Å²) in [6.07, 6.45) is 1.12. The highest BCUT2D eigenvalue weighted by molar-refractivity contribution is 9.10. The lowest BCUT2D eigenvalue weighted by Gasteiger charge is -2.17. The topological polar surface area (TPSA) is 67.3 Å². The van der Waals surface area contributed by atoms with Gasteiger partial charge in [-0.25, -0.2) is 13.4 Å². The van der Waals surface area contributed by atoms with Gasteiger partial charge in [0.1, 0.15) is 5.01 Å². The van der Waals surface area contributed by atoms with Gasteiger partial charge in [0, 0.05) is 17.8 Å². The zero-order chi connectivity index (χ0) is 18.2. The van der Waals surface area contributed by atoms with Crippen molar-refractivity contribution in [3.63, 3.8) is 0 Å². The van der Waals surface area contributed by atoms with Crippen molar-refractivity contribution >= 4 is 53.2 Å². The fourth-order valence-corrected chi connectivity index (χ4v) is 4.45. The number of para-hydroxylation sites is 1. The second kappa shape index (κ2) is 6.86. The highest BCUT2D eigenvalue weighted by Crippen LogP contribution is 2.25. The van der Waals surface area contributed by atoms with Crippen LogP contribution in [0.5, 0.6) is 0 Å². The fourth-order valence-electron chi connectivity index (χ4n) is 2.37. The molecule has 0 radical (unpaired) electrons. The molecule has 0 unspecified atom stereocenters. The number of hydrogen-bond donors (Lipinski definition) is 0. The summed E-state index contributed by atoms with van der Waals surface area (Å²) in [5.74, 6) is -0.267. The van der Waals surface area contributed by atoms with Crippen LogP contribution in [0.3, 0.4) is 0 Å². The molecule has 0 saturated carbocycles. The number of carbonyl (C=O) groups excluding carboxylic acids is 1. The van der Waals surface area contributed by atoms with Crippen LogP contribution in [0.1, 0.15) is 15.4 Å². The summed E-state index contributed by atoms with van der Waals surface area (Å²) >= 11 is 4.86. The third-order valence-electron chi connectivity index (χ3n) is 3.65. The first kappa shape index (κ1) is 18.0. The molecule has 1 aromatic heterocycles. The normalized spacial score (nSPS) is 11.6. The van der Waals surface area contributed by atoms with Gasteiger partial charge in [0.2, 0.25) is 0 Å². The van der Waals surface area contributed by atoms with E-state index in [-0.39, 0.29) is 10.8 Å². The number of nitrogens with zero attached hydrogens (tertiary/aromatic N) is 2. The smallest absolute Gasteiger partial charge is 0.255 e. The average molecular weight is 439 g/mol. The maximum absolute atomic E-state index is 12.7. The maximum Gasteiger partial charge on any atom is 0.255 e. The number of fused-ring (bicyclic) bond motifs is 1. The Morgan fingerprint density at radius 2 is 1.96 bits per heavy atom. The molecule has 2 aromatic carbocycles. The van der Waals surface area contributed by atoms with E-state index in [1.54, 1.807) is 13.1 Å². The minimum absolute atomic E-state index is 0.118. The molecule has 0 aliphatic carbocycles. The summed E-state index contributed by atoms with van der Waals surface area (Å²) in [5.41, 5.74) is 1.22. The standard InChI is InChI=1S/C17H15BrN2O3S2/c1-20(10-16-19-14-5-3-4-6-15(14)24-16)17(21)12-9-11(25(2,22)23)7-8-13(12)18/h3-9H,10H2,1-2H3. The van der Waals surface area contributed by atoms with Gasteiger partial charge >= 0.3 is 0 Å². The van der Waals surface area contributed by atoms with Crippen LogP contribution in [0, 0.1) is 0 Å². The Morgan fingerprint density at radius 3 is 2.64 bits per heavy atom. The van der Waals surface area contributed by atoms with Crippen LogP contribution < -0.4 is 0 Å². The van der Waals surface area contributed by atoms with E-state index in [9.17, 15) is 13.2 Å². The molecular formula is C17H15BrN2O3S2. The first-order valence-electron chi connectivity index (χ1n) is 7.35. The zero-order valence-electron chi connectivity index (χ0n) is 13.6. The predicted octanol–water partition coefficient (Wildman–Crippen LogP) is 3.73. The van der Waals surface area contributed by atoms with Crippen LogP contribution in [0.25, 0.3) is 10.2 Å². The average Bonchev–Trinajstić information content (AvgIpc) is 2.95. The minimum atomic E-state index is -3.38. The number of rotatable bonds is 4.